The van der Waals surface area contributed by atoms with E-state index in [1.807, 2.05) is 12.1 Å². The van der Waals surface area contributed by atoms with Crippen molar-refractivity contribution in [3.05, 3.63) is 60.7 Å². The van der Waals surface area contributed by atoms with Gasteiger partial charge in [-0.1, -0.05) is 60.7 Å². The average molecular weight is 338 g/mol. The SMILES string of the molecule is O=S(=O)(O)C(F)(F)F.P.c1ccc(-c2ccccc2)cc1. The second-order valence-corrected chi connectivity index (χ2v) is 5.07. The molecule has 0 saturated heterocycles. The summed E-state index contributed by atoms with van der Waals surface area (Å²) in [5.41, 5.74) is -2.98. The Bertz CT molecular complexity index is 591. The van der Waals surface area contributed by atoms with Crippen LogP contribution in [0.1, 0.15) is 0 Å². The van der Waals surface area contributed by atoms with Crippen LogP contribution in [0.15, 0.2) is 60.7 Å². The number of hydrogen-bond acceptors (Lipinski definition) is 2. The third kappa shape index (κ3) is 6.71. The summed E-state index contributed by atoms with van der Waals surface area (Å²) in [7, 11) is -5.84. The maximum absolute atomic E-state index is 10.7. The summed E-state index contributed by atoms with van der Waals surface area (Å²) >= 11 is 0. The van der Waals surface area contributed by atoms with E-state index in [1.54, 1.807) is 0 Å². The second kappa shape index (κ2) is 8.12. The van der Waals surface area contributed by atoms with Gasteiger partial charge in [0.25, 0.3) is 0 Å². The van der Waals surface area contributed by atoms with Crippen LogP contribution >= 0.6 is 9.90 Å². The van der Waals surface area contributed by atoms with E-state index in [0.29, 0.717) is 0 Å². The summed E-state index contributed by atoms with van der Waals surface area (Å²) in [6.45, 7) is 0. The number of hydrogen-bond donors (Lipinski definition) is 1. The molecule has 0 aliphatic heterocycles. The third-order valence-corrected chi connectivity index (χ3v) is 2.76. The summed E-state index contributed by atoms with van der Waals surface area (Å²) in [5.74, 6) is 0. The molecule has 0 heterocycles. The minimum Gasteiger partial charge on any atom is -0.279 e. The zero-order valence-electron chi connectivity index (χ0n) is 10.8. The molecule has 2 aromatic rings. The van der Waals surface area contributed by atoms with E-state index in [-0.39, 0.29) is 9.90 Å². The maximum atomic E-state index is 10.7. The third-order valence-electron chi connectivity index (χ3n) is 2.17. The molecule has 0 bridgehead atoms. The predicted molar refractivity (Wildman–Crippen MR) is 80.6 cm³/mol. The Hall–Kier alpha value is -1.43. The predicted octanol–water partition coefficient (Wildman–Crippen LogP) is 3.81. The average Bonchev–Trinajstić information content (AvgIpc) is 2.39. The normalized spacial score (nSPS) is 10.9. The Labute approximate surface area is 124 Å². The summed E-state index contributed by atoms with van der Waals surface area (Å²) < 4.78 is 57.5. The highest BCUT2D eigenvalue weighted by atomic mass is 32.2. The highest BCUT2D eigenvalue weighted by Gasteiger charge is 2.44. The number of alkyl halides is 3. The molecule has 0 amide bonds. The van der Waals surface area contributed by atoms with Crippen LogP contribution < -0.4 is 0 Å². The van der Waals surface area contributed by atoms with Crippen molar-refractivity contribution in [1.29, 1.82) is 0 Å². The van der Waals surface area contributed by atoms with Crippen molar-refractivity contribution < 1.29 is 26.1 Å². The molecule has 0 spiro atoms. The van der Waals surface area contributed by atoms with E-state index in [9.17, 15) is 13.2 Å². The van der Waals surface area contributed by atoms with Gasteiger partial charge in [-0.25, -0.2) is 0 Å². The molecule has 8 heteroatoms. The van der Waals surface area contributed by atoms with Crippen LogP contribution in [-0.4, -0.2) is 18.5 Å². The molecule has 21 heavy (non-hydrogen) atoms. The number of rotatable bonds is 1. The van der Waals surface area contributed by atoms with Crippen molar-refractivity contribution in [2.75, 3.05) is 0 Å². The first kappa shape index (κ1) is 19.6. The molecular weight excluding hydrogens is 324 g/mol. The van der Waals surface area contributed by atoms with Gasteiger partial charge in [0.05, 0.1) is 0 Å². The quantitative estimate of drug-likeness (QED) is 0.489. The molecule has 0 aromatic heterocycles. The van der Waals surface area contributed by atoms with E-state index >= 15 is 0 Å². The van der Waals surface area contributed by atoms with Crippen LogP contribution in [0.25, 0.3) is 11.1 Å². The van der Waals surface area contributed by atoms with Crippen LogP contribution in [0, 0.1) is 0 Å². The van der Waals surface area contributed by atoms with Gasteiger partial charge in [0.1, 0.15) is 0 Å². The fourth-order valence-electron chi connectivity index (χ4n) is 1.26. The molecule has 2 aromatic carbocycles. The number of benzene rings is 2. The van der Waals surface area contributed by atoms with Crippen molar-refractivity contribution >= 4 is 20.0 Å². The van der Waals surface area contributed by atoms with Crippen LogP contribution in [0.2, 0.25) is 0 Å². The molecule has 0 radical (unpaired) electrons. The molecule has 116 valence electrons. The van der Waals surface area contributed by atoms with Gasteiger partial charge in [0.2, 0.25) is 0 Å². The summed E-state index contributed by atoms with van der Waals surface area (Å²) in [6, 6.07) is 20.8. The van der Waals surface area contributed by atoms with Gasteiger partial charge in [-0.15, -0.1) is 0 Å². The molecule has 1 atom stereocenters. The summed E-state index contributed by atoms with van der Waals surface area (Å²) in [4.78, 5) is 0. The first-order valence-corrected chi connectivity index (χ1v) is 6.80. The highest BCUT2D eigenvalue weighted by Crippen LogP contribution is 2.20. The Morgan fingerprint density at radius 2 is 1.00 bits per heavy atom. The van der Waals surface area contributed by atoms with Crippen LogP contribution in [0.5, 0.6) is 0 Å². The monoisotopic (exact) mass is 338 g/mol. The van der Waals surface area contributed by atoms with Crippen LogP contribution in [0.3, 0.4) is 0 Å². The van der Waals surface area contributed by atoms with E-state index in [2.05, 4.69) is 48.5 Å². The van der Waals surface area contributed by atoms with Crippen LogP contribution in [0.4, 0.5) is 13.2 Å². The van der Waals surface area contributed by atoms with Gasteiger partial charge in [-0.2, -0.15) is 31.5 Å². The molecule has 0 fully saturated rings. The lowest BCUT2D eigenvalue weighted by molar-refractivity contribution is -0.0510. The molecule has 2 rings (SSSR count). The first-order chi connectivity index (χ1) is 9.22. The Morgan fingerprint density at radius 1 is 0.762 bits per heavy atom. The van der Waals surface area contributed by atoms with Crippen molar-refractivity contribution in [2.45, 2.75) is 5.51 Å². The lowest BCUT2D eigenvalue weighted by Crippen LogP contribution is -2.21. The van der Waals surface area contributed by atoms with Gasteiger partial charge in [-0.05, 0) is 11.1 Å². The van der Waals surface area contributed by atoms with Gasteiger partial charge in [0, 0.05) is 0 Å². The van der Waals surface area contributed by atoms with Gasteiger partial charge >= 0.3 is 15.6 Å². The summed E-state index contributed by atoms with van der Waals surface area (Å²) in [5, 5.41) is 0. The minimum atomic E-state index is -5.84. The van der Waals surface area contributed by atoms with Crippen molar-refractivity contribution in [1.82, 2.24) is 0 Å². The molecule has 0 aliphatic rings. The van der Waals surface area contributed by atoms with Crippen molar-refractivity contribution in [2.24, 2.45) is 0 Å². The van der Waals surface area contributed by atoms with E-state index in [1.165, 1.54) is 11.1 Å². The zero-order valence-corrected chi connectivity index (χ0v) is 13.0. The van der Waals surface area contributed by atoms with E-state index in [0.717, 1.165) is 0 Å². The number of halogens is 3. The van der Waals surface area contributed by atoms with E-state index < -0.39 is 15.6 Å². The van der Waals surface area contributed by atoms with Gasteiger partial charge in [0.15, 0.2) is 0 Å². The minimum absolute atomic E-state index is 0. The fourth-order valence-corrected chi connectivity index (χ4v) is 1.26. The molecule has 0 aliphatic carbocycles. The Morgan fingerprint density at radius 3 is 1.19 bits per heavy atom. The molecule has 0 saturated carbocycles. The highest BCUT2D eigenvalue weighted by molar-refractivity contribution is 7.86. The van der Waals surface area contributed by atoms with Crippen molar-refractivity contribution in [3.63, 3.8) is 0 Å². The Kier molecular flexibility index (Phi) is 7.57. The van der Waals surface area contributed by atoms with Gasteiger partial charge in [-0.3, -0.25) is 4.55 Å². The second-order valence-electron chi connectivity index (χ2n) is 3.65. The standard InChI is InChI=1S/C12H10.CHF3O3S.H3P/c1-3-7-11(8-4-1)12-9-5-2-6-10-12;2-1(3,4)8(5,6)7;/h1-10H;(H,5,6,7);1H3. The smallest absolute Gasteiger partial charge is 0.279 e. The summed E-state index contributed by atoms with van der Waals surface area (Å²) in [6.07, 6.45) is 0. The van der Waals surface area contributed by atoms with E-state index in [4.69, 9.17) is 13.0 Å². The largest absolute Gasteiger partial charge is 0.522 e. The topological polar surface area (TPSA) is 54.4 Å². The van der Waals surface area contributed by atoms with Crippen LogP contribution in [-0.2, 0) is 10.1 Å². The maximum Gasteiger partial charge on any atom is 0.522 e. The molecule has 1 N–H and O–H groups in total. The lowest BCUT2D eigenvalue weighted by Gasteiger charge is -1.98. The zero-order chi connectivity index (χ0) is 15.2. The van der Waals surface area contributed by atoms with Crippen molar-refractivity contribution in [3.8, 4) is 11.1 Å². The molecular formula is C13H14F3O3PS. The molecule has 3 nitrogen and oxygen atoms in total. The first-order valence-electron chi connectivity index (χ1n) is 5.36. The molecule has 1 unspecified atom stereocenters. The van der Waals surface area contributed by atoms with Gasteiger partial charge < -0.3 is 0 Å². The fraction of sp³-hybridized carbons (Fsp3) is 0.0769. The lowest BCUT2D eigenvalue weighted by atomic mass is 10.1. The Balaban J connectivity index is 0.000000397.